The zero-order chi connectivity index (χ0) is 22.0. The molecule has 2 N–H and O–H groups in total. The molecule has 3 aromatic rings. The van der Waals surface area contributed by atoms with Crippen LogP contribution in [0, 0.1) is 5.82 Å². The summed E-state index contributed by atoms with van der Waals surface area (Å²) >= 11 is 0. The maximum atomic E-state index is 14.3. The molecule has 1 aliphatic heterocycles. The van der Waals surface area contributed by atoms with Crippen molar-refractivity contribution in [1.29, 1.82) is 0 Å². The van der Waals surface area contributed by atoms with Gasteiger partial charge in [0.2, 0.25) is 5.91 Å². The minimum atomic E-state index is -0.396. The lowest BCUT2D eigenvalue weighted by atomic mass is 9.89. The second-order valence-electron chi connectivity index (χ2n) is 7.87. The van der Waals surface area contributed by atoms with Crippen molar-refractivity contribution in [2.24, 2.45) is 0 Å². The second-order valence-corrected chi connectivity index (χ2v) is 7.87. The fourth-order valence-corrected chi connectivity index (χ4v) is 4.18. The normalized spacial score (nSPS) is 18.0. The molecule has 0 saturated carbocycles. The van der Waals surface area contributed by atoms with Crippen LogP contribution in [0.15, 0.2) is 48.9 Å². The van der Waals surface area contributed by atoms with E-state index >= 15 is 0 Å². The van der Waals surface area contributed by atoms with Crippen LogP contribution in [0.5, 0.6) is 0 Å². The van der Waals surface area contributed by atoms with Gasteiger partial charge in [-0.05, 0) is 55.8 Å². The first-order chi connectivity index (χ1) is 15.0. The first-order valence-electron chi connectivity index (χ1n) is 10.5. The van der Waals surface area contributed by atoms with Crippen LogP contribution in [-0.2, 0) is 11.3 Å². The molecule has 0 fully saturated rings. The first kappa shape index (κ1) is 21.0. The monoisotopic (exact) mass is 422 g/mol. The molecule has 2 atom stereocenters. The Bertz CT molecular complexity index is 1080. The van der Waals surface area contributed by atoms with Crippen LogP contribution in [0.3, 0.4) is 0 Å². The van der Waals surface area contributed by atoms with E-state index in [2.05, 4.69) is 26.8 Å². The molecule has 31 heavy (non-hydrogen) atoms. The molecule has 0 bridgehead atoms. The van der Waals surface area contributed by atoms with Crippen LogP contribution in [0.1, 0.15) is 31.9 Å². The van der Waals surface area contributed by atoms with Crippen LogP contribution >= 0.6 is 0 Å². The van der Waals surface area contributed by atoms with Crippen molar-refractivity contribution in [2.45, 2.75) is 38.9 Å². The summed E-state index contributed by atoms with van der Waals surface area (Å²) in [7, 11) is 1.91. The Labute approximate surface area is 181 Å². The van der Waals surface area contributed by atoms with E-state index in [-0.39, 0.29) is 23.8 Å². The highest BCUT2D eigenvalue weighted by Gasteiger charge is 2.33. The maximum absolute atomic E-state index is 14.3. The van der Waals surface area contributed by atoms with Crippen molar-refractivity contribution in [3.05, 3.63) is 60.3 Å². The smallest absolute Gasteiger partial charge is 0.224 e. The van der Waals surface area contributed by atoms with Crippen molar-refractivity contribution in [3.63, 3.8) is 0 Å². The number of hydrogen-bond acceptors (Lipinski definition) is 5. The molecule has 0 spiro atoms. The highest BCUT2D eigenvalue weighted by Crippen LogP contribution is 2.41. The third-order valence-electron chi connectivity index (χ3n) is 5.65. The highest BCUT2D eigenvalue weighted by atomic mass is 19.1. The number of hydrogen-bond donors (Lipinski definition) is 2. The minimum absolute atomic E-state index is 0.0103. The van der Waals surface area contributed by atoms with Gasteiger partial charge in [0, 0.05) is 43.2 Å². The summed E-state index contributed by atoms with van der Waals surface area (Å²) in [5.41, 5.74) is 3.78. The molecule has 162 valence electrons. The SMILES string of the molecule is CNCCn1cc(-c2ccc3c(c2)[C@H](Nc2ncccc2F)C[C@H](C)N3C(C)=O)cn1. The molecule has 2 aromatic heterocycles. The molecular formula is C23H27FN6O. The average Bonchev–Trinajstić information content (AvgIpc) is 3.22. The topological polar surface area (TPSA) is 75.1 Å². The Hall–Kier alpha value is -3.26. The van der Waals surface area contributed by atoms with Crippen LogP contribution in [0.25, 0.3) is 11.1 Å². The molecule has 0 aliphatic carbocycles. The van der Waals surface area contributed by atoms with E-state index in [1.165, 1.54) is 6.07 Å². The van der Waals surface area contributed by atoms with Gasteiger partial charge in [0.25, 0.3) is 0 Å². The number of nitrogens with zero attached hydrogens (tertiary/aromatic N) is 4. The van der Waals surface area contributed by atoms with Gasteiger partial charge in [0.05, 0.1) is 18.8 Å². The maximum Gasteiger partial charge on any atom is 0.224 e. The fraction of sp³-hybridized carbons (Fsp3) is 0.348. The number of aromatic nitrogens is 3. The molecule has 1 aromatic carbocycles. The Kier molecular flexibility index (Phi) is 5.99. The quantitative estimate of drug-likeness (QED) is 0.635. The Morgan fingerprint density at radius 2 is 2.13 bits per heavy atom. The lowest BCUT2D eigenvalue weighted by Crippen LogP contribution is -2.43. The highest BCUT2D eigenvalue weighted by molar-refractivity contribution is 5.94. The standard InChI is InChI=1S/C23H27FN6O/c1-15-11-21(28-23-20(24)5-4-8-26-23)19-12-17(6-7-22(19)30(15)16(2)31)18-13-27-29(14-18)10-9-25-3/h4-8,12-15,21,25H,9-11H2,1-3H3,(H,26,28)/t15-,21+/m0/s1. The number of nitrogens with one attached hydrogen (secondary N) is 2. The molecule has 1 amide bonds. The number of rotatable bonds is 6. The van der Waals surface area contributed by atoms with Gasteiger partial charge >= 0.3 is 0 Å². The number of anilines is 2. The fourth-order valence-electron chi connectivity index (χ4n) is 4.18. The molecule has 0 saturated heterocycles. The predicted molar refractivity (Wildman–Crippen MR) is 119 cm³/mol. The minimum Gasteiger partial charge on any atom is -0.361 e. The zero-order valence-electron chi connectivity index (χ0n) is 18.0. The predicted octanol–water partition coefficient (Wildman–Crippen LogP) is 3.60. The summed E-state index contributed by atoms with van der Waals surface area (Å²) in [5.74, 6) is -0.191. The summed E-state index contributed by atoms with van der Waals surface area (Å²) in [6, 6.07) is 8.80. The van der Waals surface area contributed by atoms with E-state index in [9.17, 15) is 9.18 Å². The van der Waals surface area contributed by atoms with Gasteiger partial charge < -0.3 is 15.5 Å². The number of likely N-dealkylation sites (N-methyl/N-ethyl adjacent to an activating group) is 1. The lowest BCUT2D eigenvalue weighted by Gasteiger charge is -2.39. The van der Waals surface area contributed by atoms with Gasteiger partial charge in [0.15, 0.2) is 11.6 Å². The number of fused-ring (bicyclic) bond motifs is 1. The number of amides is 1. The number of pyridine rings is 1. The average molecular weight is 423 g/mol. The van der Waals surface area contributed by atoms with E-state index in [0.717, 1.165) is 35.5 Å². The molecule has 7 nitrogen and oxygen atoms in total. The molecule has 0 unspecified atom stereocenters. The van der Waals surface area contributed by atoms with Crippen LogP contribution < -0.4 is 15.5 Å². The van der Waals surface area contributed by atoms with Crippen molar-refractivity contribution < 1.29 is 9.18 Å². The summed E-state index contributed by atoms with van der Waals surface area (Å²) in [6.45, 7) is 5.19. The number of benzene rings is 1. The van der Waals surface area contributed by atoms with Crippen molar-refractivity contribution in [2.75, 3.05) is 23.8 Å². The lowest BCUT2D eigenvalue weighted by molar-refractivity contribution is -0.117. The second kappa shape index (κ2) is 8.85. The van der Waals surface area contributed by atoms with E-state index in [1.54, 1.807) is 19.2 Å². The van der Waals surface area contributed by atoms with E-state index < -0.39 is 5.82 Å². The molecule has 8 heteroatoms. The van der Waals surface area contributed by atoms with Crippen molar-refractivity contribution >= 4 is 17.4 Å². The van der Waals surface area contributed by atoms with Gasteiger partial charge in [-0.3, -0.25) is 9.48 Å². The molecular weight excluding hydrogens is 395 g/mol. The number of carbonyl (C=O) groups excluding carboxylic acids is 1. The van der Waals surface area contributed by atoms with E-state index in [1.807, 2.05) is 48.1 Å². The van der Waals surface area contributed by atoms with Crippen molar-refractivity contribution in [1.82, 2.24) is 20.1 Å². The molecule has 4 rings (SSSR count). The molecule has 3 heterocycles. The third kappa shape index (κ3) is 4.29. The molecule has 1 aliphatic rings. The summed E-state index contributed by atoms with van der Waals surface area (Å²) in [6.07, 6.45) is 6.06. The molecule has 0 radical (unpaired) electrons. The van der Waals surface area contributed by atoms with Gasteiger partial charge in [-0.2, -0.15) is 5.10 Å². The van der Waals surface area contributed by atoms with Crippen LogP contribution in [-0.4, -0.2) is 40.3 Å². The van der Waals surface area contributed by atoms with Crippen LogP contribution in [0.2, 0.25) is 0 Å². The van der Waals surface area contributed by atoms with Gasteiger partial charge in [-0.1, -0.05) is 6.07 Å². The number of halogens is 1. The number of carbonyl (C=O) groups is 1. The van der Waals surface area contributed by atoms with Gasteiger partial charge in [0.1, 0.15) is 0 Å². The van der Waals surface area contributed by atoms with Gasteiger partial charge in [-0.25, -0.2) is 9.37 Å². The summed E-state index contributed by atoms with van der Waals surface area (Å²) < 4.78 is 16.2. The summed E-state index contributed by atoms with van der Waals surface area (Å²) in [5, 5.41) is 10.8. The van der Waals surface area contributed by atoms with Gasteiger partial charge in [-0.15, -0.1) is 0 Å². The Morgan fingerprint density at radius 1 is 1.29 bits per heavy atom. The third-order valence-corrected chi connectivity index (χ3v) is 5.65. The van der Waals surface area contributed by atoms with E-state index in [0.29, 0.717) is 6.42 Å². The Balaban J connectivity index is 1.72. The van der Waals surface area contributed by atoms with Crippen molar-refractivity contribution in [3.8, 4) is 11.1 Å². The van der Waals surface area contributed by atoms with E-state index in [4.69, 9.17) is 0 Å². The Morgan fingerprint density at radius 3 is 2.87 bits per heavy atom. The first-order valence-corrected chi connectivity index (χ1v) is 10.5. The summed E-state index contributed by atoms with van der Waals surface area (Å²) in [4.78, 5) is 18.3. The zero-order valence-corrected chi connectivity index (χ0v) is 18.0. The van der Waals surface area contributed by atoms with Crippen LogP contribution in [0.4, 0.5) is 15.9 Å². The largest absolute Gasteiger partial charge is 0.361 e.